The molecule has 23 heavy (non-hydrogen) atoms. The largest absolute Gasteiger partial charge is 0.460 e. The standard InChI is InChI=1S/C16H19BrFNO3S/c1-16(2,3)22-14(21)6-7-19-13(20)9-23-15(19)10-4-5-12(18)11(17)8-10/h4-5,8,15H,6-7,9H2,1-3H3. The number of benzene rings is 1. The summed E-state index contributed by atoms with van der Waals surface area (Å²) in [7, 11) is 0. The number of hydrogen-bond donors (Lipinski definition) is 0. The van der Waals surface area contributed by atoms with Gasteiger partial charge < -0.3 is 9.64 Å². The average Bonchev–Trinajstić information content (AvgIpc) is 2.79. The molecule has 1 aromatic carbocycles. The van der Waals surface area contributed by atoms with E-state index in [0.717, 1.165) is 5.56 Å². The van der Waals surface area contributed by atoms with Crippen LogP contribution in [0, 0.1) is 5.82 Å². The molecule has 1 saturated heterocycles. The second-order valence-corrected chi connectivity index (χ2v) is 8.18. The molecule has 0 radical (unpaired) electrons. The maximum absolute atomic E-state index is 13.4. The van der Waals surface area contributed by atoms with Crippen LogP contribution in [0.1, 0.15) is 38.1 Å². The van der Waals surface area contributed by atoms with E-state index in [1.54, 1.807) is 37.8 Å². The van der Waals surface area contributed by atoms with E-state index in [0.29, 0.717) is 16.8 Å². The van der Waals surface area contributed by atoms with Crippen LogP contribution in [-0.4, -0.2) is 34.7 Å². The third kappa shape index (κ3) is 4.94. The number of ether oxygens (including phenoxy) is 1. The lowest BCUT2D eigenvalue weighted by molar-refractivity contribution is -0.155. The van der Waals surface area contributed by atoms with E-state index in [1.807, 2.05) is 0 Å². The van der Waals surface area contributed by atoms with Crippen LogP contribution in [0.25, 0.3) is 0 Å². The Kier molecular flexibility index (Phi) is 5.73. The summed E-state index contributed by atoms with van der Waals surface area (Å²) in [5, 5.41) is -0.207. The molecule has 7 heteroatoms. The topological polar surface area (TPSA) is 46.6 Å². The number of nitrogens with zero attached hydrogens (tertiary/aromatic N) is 1. The predicted molar refractivity (Wildman–Crippen MR) is 91.5 cm³/mol. The molecule has 4 nitrogen and oxygen atoms in total. The SMILES string of the molecule is CC(C)(C)OC(=O)CCN1C(=O)CSC1c1ccc(F)c(Br)c1. The fourth-order valence-electron chi connectivity index (χ4n) is 2.24. The molecule has 1 aliphatic heterocycles. The van der Waals surface area contributed by atoms with Gasteiger partial charge in [-0.25, -0.2) is 4.39 Å². The molecule has 1 fully saturated rings. The number of thioether (sulfide) groups is 1. The highest BCUT2D eigenvalue weighted by molar-refractivity contribution is 9.10. The molecule has 126 valence electrons. The van der Waals surface area contributed by atoms with Crippen molar-refractivity contribution in [2.24, 2.45) is 0 Å². The molecule has 0 N–H and O–H groups in total. The van der Waals surface area contributed by atoms with Gasteiger partial charge in [0.2, 0.25) is 5.91 Å². The van der Waals surface area contributed by atoms with E-state index in [-0.39, 0.29) is 29.5 Å². The molecule has 0 spiro atoms. The molecular formula is C16H19BrFNO3S. The van der Waals surface area contributed by atoms with E-state index in [2.05, 4.69) is 15.9 Å². The van der Waals surface area contributed by atoms with Crippen molar-refractivity contribution in [1.82, 2.24) is 4.90 Å². The molecule has 1 aromatic rings. The fraction of sp³-hybridized carbons (Fsp3) is 0.500. The van der Waals surface area contributed by atoms with E-state index in [9.17, 15) is 14.0 Å². The zero-order chi connectivity index (χ0) is 17.2. The summed E-state index contributed by atoms with van der Waals surface area (Å²) in [5.74, 6) is -0.345. The molecule has 1 amide bonds. The van der Waals surface area contributed by atoms with E-state index < -0.39 is 5.60 Å². The number of esters is 1. The number of carbonyl (C=O) groups excluding carboxylic acids is 2. The van der Waals surface area contributed by atoms with Gasteiger partial charge in [-0.15, -0.1) is 11.8 Å². The summed E-state index contributed by atoms with van der Waals surface area (Å²) < 4.78 is 19.0. The lowest BCUT2D eigenvalue weighted by Gasteiger charge is -2.25. The maximum atomic E-state index is 13.4. The van der Waals surface area contributed by atoms with Crippen molar-refractivity contribution in [1.29, 1.82) is 0 Å². The first-order valence-corrected chi connectivity index (χ1v) is 9.09. The number of rotatable bonds is 4. The summed E-state index contributed by atoms with van der Waals surface area (Å²) in [6.07, 6.45) is 0.141. The lowest BCUT2D eigenvalue weighted by Crippen LogP contribution is -2.32. The molecule has 0 saturated carbocycles. The van der Waals surface area contributed by atoms with Gasteiger partial charge in [-0.05, 0) is 54.4 Å². The summed E-state index contributed by atoms with van der Waals surface area (Å²) >= 11 is 4.63. The summed E-state index contributed by atoms with van der Waals surface area (Å²) in [5.41, 5.74) is 0.292. The smallest absolute Gasteiger partial charge is 0.308 e. The van der Waals surface area contributed by atoms with Crippen LogP contribution >= 0.6 is 27.7 Å². The molecule has 1 unspecified atom stereocenters. The molecule has 0 bridgehead atoms. The molecule has 1 atom stereocenters. The number of carbonyl (C=O) groups is 2. The number of hydrogen-bond acceptors (Lipinski definition) is 4. The van der Waals surface area contributed by atoms with Crippen LogP contribution in [0.5, 0.6) is 0 Å². The molecular weight excluding hydrogens is 385 g/mol. The zero-order valence-corrected chi connectivity index (χ0v) is 15.7. The van der Waals surface area contributed by atoms with Crippen LogP contribution in [0.2, 0.25) is 0 Å². The number of halogens is 2. The first kappa shape index (κ1) is 18.3. The van der Waals surface area contributed by atoms with Gasteiger partial charge in [-0.2, -0.15) is 0 Å². The van der Waals surface area contributed by atoms with Crippen LogP contribution in [0.3, 0.4) is 0 Å². The lowest BCUT2D eigenvalue weighted by atomic mass is 10.2. The Morgan fingerprint density at radius 1 is 1.48 bits per heavy atom. The van der Waals surface area contributed by atoms with Crippen molar-refractivity contribution in [2.45, 2.75) is 38.2 Å². The van der Waals surface area contributed by atoms with Crippen molar-refractivity contribution in [3.63, 3.8) is 0 Å². The highest BCUT2D eigenvalue weighted by atomic mass is 79.9. The zero-order valence-electron chi connectivity index (χ0n) is 13.3. The Morgan fingerprint density at radius 2 is 2.17 bits per heavy atom. The minimum atomic E-state index is -0.540. The van der Waals surface area contributed by atoms with Crippen molar-refractivity contribution in [3.05, 3.63) is 34.1 Å². The first-order chi connectivity index (χ1) is 10.7. The van der Waals surface area contributed by atoms with Crippen molar-refractivity contribution < 1.29 is 18.7 Å². The summed E-state index contributed by atoms with van der Waals surface area (Å²) in [6, 6.07) is 4.71. The number of amides is 1. The summed E-state index contributed by atoms with van der Waals surface area (Å²) in [4.78, 5) is 25.6. The maximum Gasteiger partial charge on any atom is 0.308 e. The molecule has 1 heterocycles. The van der Waals surface area contributed by atoms with E-state index in [4.69, 9.17) is 4.74 Å². The Hall–Kier alpha value is -1.08. The molecule has 2 rings (SSSR count). The van der Waals surface area contributed by atoms with Crippen LogP contribution < -0.4 is 0 Å². The highest BCUT2D eigenvalue weighted by Gasteiger charge is 2.33. The Bertz CT molecular complexity index is 618. The van der Waals surface area contributed by atoms with Crippen molar-refractivity contribution in [3.8, 4) is 0 Å². The third-order valence-electron chi connectivity index (χ3n) is 3.17. The minimum Gasteiger partial charge on any atom is -0.460 e. The third-order valence-corrected chi connectivity index (χ3v) is 5.04. The van der Waals surface area contributed by atoms with E-state index in [1.165, 1.54) is 17.8 Å². The van der Waals surface area contributed by atoms with Crippen LogP contribution in [-0.2, 0) is 14.3 Å². The van der Waals surface area contributed by atoms with Gasteiger partial charge in [0.05, 0.1) is 16.6 Å². The Morgan fingerprint density at radius 3 is 2.78 bits per heavy atom. The second kappa shape index (κ2) is 7.21. The van der Waals surface area contributed by atoms with Gasteiger partial charge >= 0.3 is 5.97 Å². The highest BCUT2D eigenvalue weighted by Crippen LogP contribution is 2.39. The molecule has 0 aromatic heterocycles. The second-order valence-electron chi connectivity index (χ2n) is 6.26. The van der Waals surface area contributed by atoms with Gasteiger partial charge in [0.15, 0.2) is 0 Å². The van der Waals surface area contributed by atoms with Gasteiger partial charge in [-0.3, -0.25) is 9.59 Å². The average molecular weight is 404 g/mol. The van der Waals surface area contributed by atoms with Crippen LogP contribution in [0.4, 0.5) is 4.39 Å². The van der Waals surface area contributed by atoms with Crippen molar-refractivity contribution >= 4 is 39.6 Å². The van der Waals surface area contributed by atoms with Crippen LogP contribution in [0.15, 0.2) is 22.7 Å². The first-order valence-electron chi connectivity index (χ1n) is 7.25. The summed E-state index contributed by atoms with van der Waals surface area (Å²) in [6.45, 7) is 5.71. The Labute approximate surface area is 147 Å². The fourth-order valence-corrected chi connectivity index (χ4v) is 3.85. The quantitative estimate of drug-likeness (QED) is 0.715. The minimum absolute atomic E-state index is 0.0241. The van der Waals surface area contributed by atoms with Gasteiger partial charge in [0.25, 0.3) is 0 Å². The molecule has 1 aliphatic rings. The van der Waals surface area contributed by atoms with Crippen molar-refractivity contribution in [2.75, 3.05) is 12.3 Å². The monoisotopic (exact) mass is 403 g/mol. The van der Waals surface area contributed by atoms with Gasteiger partial charge in [0, 0.05) is 6.54 Å². The van der Waals surface area contributed by atoms with Gasteiger partial charge in [-0.1, -0.05) is 6.07 Å². The predicted octanol–water partition coefficient (Wildman–Crippen LogP) is 3.89. The Balaban J connectivity index is 2.05. The molecule has 0 aliphatic carbocycles. The van der Waals surface area contributed by atoms with E-state index >= 15 is 0 Å². The normalized spacial score (nSPS) is 18.4. The van der Waals surface area contributed by atoms with Gasteiger partial charge in [0.1, 0.15) is 16.8 Å².